The van der Waals surface area contributed by atoms with Crippen molar-refractivity contribution in [3.63, 3.8) is 0 Å². The van der Waals surface area contributed by atoms with Crippen molar-refractivity contribution in [3.05, 3.63) is 77.0 Å². The van der Waals surface area contributed by atoms with E-state index in [0.717, 1.165) is 22.4 Å². The maximum absolute atomic E-state index is 5.80. The zero-order valence-electron chi connectivity index (χ0n) is 14.0. The van der Waals surface area contributed by atoms with E-state index in [2.05, 4.69) is 16.3 Å². The third-order valence-electron chi connectivity index (χ3n) is 3.74. The lowest BCUT2D eigenvalue weighted by Gasteiger charge is -2.11. The zero-order chi connectivity index (χ0) is 16.9. The van der Waals surface area contributed by atoms with E-state index in [1.807, 2.05) is 56.3 Å². The molecule has 2 aromatic carbocycles. The molecule has 24 heavy (non-hydrogen) atoms. The van der Waals surface area contributed by atoms with Crippen LogP contribution in [-0.4, -0.2) is 17.3 Å². The summed E-state index contributed by atoms with van der Waals surface area (Å²) in [6.45, 7) is 4.26. The molecule has 0 radical (unpaired) electrons. The van der Waals surface area contributed by atoms with Gasteiger partial charge >= 0.3 is 0 Å². The van der Waals surface area contributed by atoms with Crippen molar-refractivity contribution in [3.8, 4) is 5.75 Å². The van der Waals surface area contributed by atoms with Gasteiger partial charge in [0.25, 0.3) is 5.89 Å². The number of benzene rings is 2. The van der Waals surface area contributed by atoms with Gasteiger partial charge in [0.2, 0.25) is 5.89 Å². The SMILES string of the molecule is COC(c1ccccc1)c1nnc(COc2cc(C)ccc2C)o1. The Morgan fingerprint density at radius 2 is 1.83 bits per heavy atom. The van der Waals surface area contributed by atoms with Gasteiger partial charge in [0.15, 0.2) is 12.7 Å². The molecule has 1 heterocycles. The molecule has 0 aliphatic carbocycles. The second-order valence-electron chi connectivity index (χ2n) is 5.62. The molecule has 1 unspecified atom stereocenters. The third kappa shape index (κ3) is 3.63. The van der Waals surface area contributed by atoms with Gasteiger partial charge in [0.05, 0.1) is 0 Å². The molecule has 3 rings (SSSR count). The Balaban J connectivity index is 1.72. The first-order valence-electron chi connectivity index (χ1n) is 7.77. The Labute approximate surface area is 141 Å². The topological polar surface area (TPSA) is 57.4 Å². The van der Waals surface area contributed by atoms with Crippen LogP contribution in [0.1, 0.15) is 34.6 Å². The van der Waals surface area contributed by atoms with Crippen LogP contribution in [-0.2, 0) is 11.3 Å². The average molecular weight is 324 g/mol. The predicted octanol–water partition coefficient (Wildman–Crippen LogP) is 4.00. The van der Waals surface area contributed by atoms with Crippen molar-refractivity contribution in [1.82, 2.24) is 10.2 Å². The summed E-state index contributed by atoms with van der Waals surface area (Å²) in [5, 5.41) is 8.15. The summed E-state index contributed by atoms with van der Waals surface area (Å²) in [6, 6.07) is 15.8. The van der Waals surface area contributed by atoms with Crippen molar-refractivity contribution < 1.29 is 13.9 Å². The molecule has 3 aromatic rings. The third-order valence-corrected chi connectivity index (χ3v) is 3.74. The molecule has 5 nitrogen and oxygen atoms in total. The van der Waals surface area contributed by atoms with Crippen LogP contribution in [0.3, 0.4) is 0 Å². The first-order chi connectivity index (χ1) is 11.7. The summed E-state index contributed by atoms with van der Waals surface area (Å²) in [6.07, 6.45) is -0.381. The van der Waals surface area contributed by atoms with Gasteiger partial charge in [-0.1, -0.05) is 42.5 Å². The largest absolute Gasteiger partial charge is 0.484 e. The van der Waals surface area contributed by atoms with Crippen LogP contribution < -0.4 is 4.74 Å². The van der Waals surface area contributed by atoms with Crippen molar-refractivity contribution in [2.75, 3.05) is 7.11 Å². The number of nitrogens with zero attached hydrogens (tertiary/aromatic N) is 2. The van der Waals surface area contributed by atoms with Gasteiger partial charge in [0, 0.05) is 7.11 Å². The van der Waals surface area contributed by atoms with E-state index < -0.39 is 0 Å². The van der Waals surface area contributed by atoms with Crippen molar-refractivity contribution in [1.29, 1.82) is 0 Å². The predicted molar refractivity (Wildman–Crippen MR) is 89.8 cm³/mol. The van der Waals surface area contributed by atoms with Gasteiger partial charge in [-0.05, 0) is 36.6 Å². The fourth-order valence-corrected chi connectivity index (χ4v) is 2.44. The highest BCUT2D eigenvalue weighted by molar-refractivity contribution is 5.35. The van der Waals surface area contributed by atoms with Gasteiger partial charge in [-0.3, -0.25) is 0 Å². The Morgan fingerprint density at radius 1 is 1.04 bits per heavy atom. The standard InChI is InChI=1S/C19H20N2O3/c1-13-9-10-14(2)16(11-13)23-12-17-20-21-19(24-17)18(22-3)15-7-5-4-6-8-15/h4-11,18H,12H2,1-3H3. The number of ether oxygens (including phenoxy) is 2. The Morgan fingerprint density at radius 3 is 2.58 bits per heavy atom. The molecule has 5 heteroatoms. The number of methoxy groups -OCH3 is 1. The van der Waals surface area contributed by atoms with Crippen LogP contribution in [0.25, 0.3) is 0 Å². The first-order valence-corrected chi connectivity index (χ1v) is 7.77. The van der Waals surface area contributed by atoms with Crippen molar-refractivity contribution in [2.45, 2.75) is 26.6 Å². The van der Waals surface area contributed by atoms with E-state index in [-0.39, 0.29) is 12.7 Å². The van der Waals surface area contributed by atoms with Crippen molar-refractivity contribution in [2.24, 2.45) is 0 Å². The molecule has 0 saturated carbocycles. The number of hydrogen-bond donors (Lipinski definition) is 0. The molecule has 0 spiro atoms. The minimum absolute atomic E-state index is 0.225. The van der Waals surface area contributed by atoms with E-state index in [4.69, 9.17) is 13.9 Å². The van der Waals surface area contributed by atoms with Crippen LogP contribution in [0.15, 0.2) is 52.9 Å². The lowest BCUT2D eigenvalue weighted by molar-refractivity contribution is 0.108. The van der Waals surface area contributed by atoms with Gasteiger partial charge < -0.3 is 13.9 Å². The molecule has 1 aromatic heterocycles. The highest BCUT2D eigenvalue weighted by Crippen LogP contribution is 2.25. The Kier molecular flexibility index (Phi) is 4.91. The molecule has 0 N–H and O–H groups in total. The lowest BCUT2D eigenvalue weighted by atomic mass is 10.1. The monoisotopic (exact) mass is 324 g/mol. The van der Waals surface area contributed by atoms with Crippen molar-refractivity contribution >= 4 is 0 Å². The number of rotatable bonds is 6. The fourth-order valence-electron chi connectivity index (χ4n) is 2.44. The van der Waals surface area contributed by atoms with Gasteiger partial charge in [-0.25, -0.2) is 0 Å². The van der Waals surface area contributed by atoms with Crippen LogP contribution in [0.5, 0.6) is 5.75 Å². The summed E-state index contributed by atoms with van der Waals surface area (Å²) in [5.74, 6) is 1.66. The normalized spacial score (nSPS) is 12.1. The maximum Gasteiger partial charge on any atom is 0.254 e. The summed E-state index contributed by atoms with van der Waals surface area (Å²) < 4.78 is 17.0. The van der Waals surface area contributed by atoms with Crippen LogP contribution in [0, 0.1) is 13.8 Å². The number of hydrogen-bond acceptors (Lipinski definition) is 5. The van der Waals surface area contributed by atoms with E-state index >= 15 is 0 Å². The molecule has 0 aliphatic heterocycles. The Hall–Kier alpha value is -2.66. The highest BCUT2D eigenvalue weighted by Gasteiger charge is 2.20. The van der Waals surface area contributed by atoms with E-state index in [0.29, 0.717) is 11.8 Å². The first kappa shape index (κ1) is 16.2. The molecule has 0 amide bonds. The minimum atomic E-state index is -0.381. The maximum atomic E-state index is 5.80. The van der Waals surface area contributed by atoms with E-state index in [1.54, 1.807) is 7.11 Å². The molecule has 124 valence electrons. The summed E-state index contributed by atoms with van der Waals surface area (Å²) >= 11 is 0. The summed E-state index contributed by atoms with van der Waals surface area (Å²) in [7, 11) is 1.62. The lowest BCUT2D eigenvalue weighted by Crippen LogP contribution is -2.03. The molecule has 0 saturated heterocycles. The average Bonchev–Trinajstić information content (AvgIpc) is 3.06. The molecule has 0 bridgehead atoms. The molecular weight excluding hydrogens is 304 g/mol. The highest BCUT2D eigenvalue weighted by atomic mass is 16.5. The van der Waals surface area contributed by atoms with Gasteiger partial charge in [-0.15, -0.1) is 10.2 Å². The quantitative estimate of drug-likeness (QED) is 0.686. The molecule has 0 aliphatic rings. The fraction of sp³-hybridized carbons (Fsp3) is 0.263. The van der Waals surface area contributed by atoms with Crippen LogP contribution in [0.4, 0.5) is 0 Å². The van der Waals surface area contributed by atoms with E-state index in [1.165, 1.54) is 0 Å². The minimum Gasteiger partial charge on any atom is -0.484 e. The van der Waals surface area contributed by atoms with Gasteiger partial charge in [0.1, 0.15) is 5.75 Å². The van der Waals surface area contributed by atoms with Gasteiger partial charge in [-0.2, -0.15) is 0 Å². The second-order valence-corrected chi connectivity index (χ2v) is 5.62. The second kappa shape index (κ2) is 7.27. The zero-order valence-corrected chi connectivity index (χ0v) is 14.0. The van der Waals surface area contributed by atoms with Crippen LogP contribution >= 0.6 is 0 Å². The number of aromatic nitrogens is 2. The smallest absolute Gasteiger partial charge is 0.254 e. The molecular formula is C19H20N2O3. The van der Waals surface area contributed by atoms with E-state index in [9.17, 15) is 0 Å². The Bertz CT molecular complexity index is 799. The van der Waals surface area contributed by atoms with Crippen LogP contribution in [0.2, 0.25) is 0 Å². The summed E-state index contributed by atoms with van der Waals surface area (Å²) in [5.41, 5.74) is 3.18. The molecule has 0 fully saturated rings. The number of aryl methyl sites for hydroxylation is 2. The summed E-state index contributed by atoms with van der Waals surface area (Å²) in [4.78, 5) is 0. The molecule has 1 atom stereocenters.